The molecule has 0 saturated carbocycles. The van der Waals surface area contributed by atoms with Gasteiger partial charge in [-0.3, -0.25) is 5.10 Å². The zero-order chi connectivity index (χ0) is 23.4. The van der Waals surface area contributed by atoms with Crippen molar-refractivity contribution in [3.8, 4) is 18.1 Å². The van der Waals surface area contributed by atoms with E-state index in [0.29, 0.717) is 28.7 Å². The molecule has 0 unspecified atom stereocenters. The first-order valence-electron chi connectivity index (χ1n) is 9.64. The summed E-state index contributed by atoms with van der Waals surface area (Å²) in [5.74, 6) is 1.71. The maximum Gasteiger partial charge on any atom is 0.252 e. The van der Waals surface area contributed by atoms with E-state index in [1.807, 2.05) is 13.0 Å². The van der Waals surface area contributed by atoms with Crippen LogP contribution in [-0.4, -0.2) is 42.0 Å². The zero-order valence-corrected chi connectivity index (χ0v) is 17.9. The van der Waals surface area contributed by atoms with E-state index in [-0.39, 0.29) is 22.9 Å². The van der Waals surface area contributed by atoms with Gasteiger partial charge >= 0.3 is 0 Å². The first kappa shape index (κ1) is 21.1. The Bertz CT molecular complexity index is 1420. The Morgan fingerprint density at radius 2 is 1.88 bits per heavy atom. The molecule has 4 heterocycles. The third-order valence-corrected chi connectivity index (χ3v) is 4.57. The van der Waals surface area contributed by atoms with Crippen molar-refractivity contribution in [1.29, 1.82) is 10.5 Å². The van der Waals surface area contributed by atoms with Crippen molar-refractivity contribution in [2.75, 3.05) is 17.7 Å². The first-order chi connectivity index (χ1) is 16.0. The van der Waals surface area contributed by atoms with Crippen molar-refractivity contribution in [2.45, 2.75) is 13.8 Å². The van der Waals surface area contributed by atoms with Gasteiger partial charge in [0.15, 0.2) is 17.5 Å². The molecule has 0 radical (unpaired) electrons. The standard InChI is InChI=1S/C20H17N13/c1-11-7-15(30-29-11)27-17-14(9-22)12(2)16(18(23-3)28-17)31-32-19-13(8-21)10-26-33(19)20-24-5-4-6-25-20/h4-7,10H,1-3H3,(H3,23,27,28,29,30)/b32-31+. The minimum absolute atomic E-state index is 0.152. The fourth-order valence-corrected chi connectivity index (χ4v) is 2.99. The molecule has 0 amide bonds. The number of hydrogen-bond acceptors (Lipinski definition) is 11. The van der Waals surface area contributed by atoms with E-state index in [1.54, 1.807) is 38.5 Å². The summed E-state index contributed by atoms with van der Waals surface area (Å²) in [6.45, 7) is 3.58. The number of hydrogen-bond donors (Lipinski definition) is 3. The molecule has 0 saturated heterocycles. The van der Waals surface area contributed by atoms with Gasteiger partial charge in [-0.05, 0) is 19.9 Å². The smallest absolute Gasteiger partial charge is 0.252 e. The monoisotopic (exact) mass is 439 g/mol. The number of aromatic nitrogens is 7. The highest BCUT2D eigenvalue weighted by Crippen LogP contribution is 2.35. The van der Waals surface area contributed by atoms with Crippen LogP contribution in [0.5, 0.6) is 0 Å². The highest BCUT2D eigenvalue weighted by Gasteiger charge is 2.19. The van der Waals surface area contributed by atoms with Crippen molar-refractivity contribution in [3.63, 3.8) is 0 Å². The number of azo groups is 1. The van der Waals surface area contributed by atoms with E-state index in [2.05, 4.69) is 57.2 Å². The minimum atomic E-state index is 0.152. The van der Waals surface area contributed by atoms with Crippen molar-refractivity contribution in [1.82, 2.24) is 34.9 Å². The summed E-state index contributed by atoms with van der Waals surface area (Å²) < 4.78 is 1.31. The van der Waals surface area contributed by atoms with Crippen LogP contribution in [0.15, 0.2) is 41.0 Å². The lowest BCUT2D eigenvalue weighted by molar-refractivity contribution is 0.803. The molecule has 162 valence electrons. The third kappa shape index (κ3) is 4.06. The Hall–Kier alpha value is -5.17. The molecule has 0 aromatic carbocycles. The van der Waals surface area contributed by atoms with E-state index in [4.69, 9.17) is 0 Å². The molecule has 0 spiro atoms. The largest absolute Gasteiger partial charge is 0.371 e. The maximum absolute atomic E-state index is 9.78. The fourth-order valence-electron chi connectivity index (χ4n) is 2.99. The molecular weight excluding hydrogens is 422 g/mol. The van der Waals surface area contributed by atoms with Crippen LogP contribution in [-0.2, 0) is 0 Å². The maximum atomic E-state index is 9.78. The minimum Gasteiger partial charge on any atom is -0.371 e. The molecule has 13 heteroatoms. The van der Waals surface area contributed by atoms with Gasteiger partial charge in [0.2, 0.25) is 0 Å². The van der Waals surface area contributed by atoms with Gasteiger partial charge in [-0.25, -0.2) is 15.0 Å². The van der Waals surface area contributed by atoms with Crippen molar-refractivity contribution < 1.29 is 0 Å². The van der Waals surface area contributed by atoms with Crippen LogP contribution in [0, 0.1) is 36.5 Å². The zero-order valence-electron chi connectivity index (χ0n) is 17.9. The van der Waals surface area contributed by atoms with Crippen LogP contribution in [0.2, 0.25) is 0 Å². The van der Waals surface area contributed by atoms with Gasteiger partial charge in [-0.1, -0.05) is 0 Å². The summed E-state index contributed by atoms with van der Waals surface area (Å²) in [6.07, 6.45) is 4.46. The fraction of sp³-hybridized carbons (Fsp3) is 0.150. The Kier molecular flexibility index (Phi) is 5.69. The second-order valence-corrected chi connectivity index (χ2v) is 6.72. The van der Waals surface area contributed by atoms with Crippen molar-refractivity contribution in [3.05, 3.63) is 53.1 Å². The highest BCUT2D eigenvalue weighted by molar-refractivity contribution is 5.76. The summed E-state index contributed by atoms with van der Waals surface area (Å²) in [6, 6.07) is 7.64. The molecule has 0 bridgehead atoms. The van der Waals surface area contributed by atoms with E-state index in [1.165, 1.54) is 10.9 Å². The molecule has 13 nitrogen and oxygen atoms in total. The van der Waals surface area contributed by atoms with Gasteiger partial charge in [0.25, 0.3) is 5.95 Å². The van der Waals surface area contributed by atoms with Gasteiger partial charge in [0.1, 0.15) is 34.8 Å². The SMILES string of the molecule is CNc1nc(Nc2cc(C)n[nH]2)c(C#N)c(C)c1/N=N/c1c(C#N)cnn1-c1ncccn1. The molecule has 0 aliphatic heterocycles. The number of pyridine rings is 1. The summed E-state index contributed by atoms with van der Waals surface area (Å²) in [7, 11) is 1.68. The predicted molar refractivity (Wildman–Crippen MR) is 118 cm³/mol. The number of nitriles is 2. The third-order valence-electron chi connectivity index (χ3n) is 4.57. The first-order valence-corrected chi connectivity index (χ1v) is 9.64. The number of aryl methyl sites for hydroxylation is 1. The lowest BCUT2D eigenvalue weighted by Gasteiger charge is -2.13. The molecule has 33 heavy (non-hydrogen) atoms. The van der Waals surface area contributed by atoms with E-state index in [0.717, 1.165) is 5.69 Å². The van der Waals surface area contributed by atoms with Crippen molar-refractivity contribution in [2.24, 2.45) is 10.2 Å². The Balaban J connectivity index is 1.79. The lowest BCUT2D eigenvalue weighted by Crippen LogP contribution is -2.04. The van der Waals surface area contributed by atoms with E-state index < -0.39 is 0 Å². The van der Waals surface area contributed by atoms with Crippen LogP contribution in [0.3, 0.4) is 0 Å². The van der Waals surface area contributed by atoms with Crippen LogP contribution in [0.1, 0.15) is 22.4 Å². The number of rotatable bonds is 6. The molecular formula is C20H17N13. The normalized spacial score (nSPS) is 10.7. The summed E-state index contributed by atoms with van der Waals surface area (Å²) in [5.41, 5.74) is 2.15. The molecule has 4 aromatic rings. The second kappa shape index (κ2) is 8.91. The Morgan fingerprint density at radius 1 is 1.09 bits per heavy atom. The van der Waals surface area contributed by atoms with E-state index >= 15 is 0 Å². The van der Waals surface area contributed by atoms with Crippen LogP contribution < -0.4 is 10.6 Å². The summed E-state index contributed by atoms with van der Waals surface area (Å²) >= 11 is 0. The molecule has 0 aliphatic rings. The quantitative estimate of drug-likeness (QED) is 0.379. The Morgan fingerprint density at radius 3 is 2.52 bits per heavy atom. The number of nitrogens with one attached hydrogen (secondary N) is 3. The number of anilines is 3. The lowest BCUT2D eigenvalue weighted by atomic mass is 10.1. The molecule has 0 fully saturated rings. The van der Waals surface area contributed by atoms with E-state index in [9.17, 15) is 10.5 Å². The molecule has 4 aromatic heterocycles. The van der Waals surface area contributed by atoms with Crippen LogP contribution in [0.25, 0.3) is 5.95 Å². The topological polar surface area (TPSA) is 182 Å². The summed E-state index contributed by atoms with van der Waals surface area (Å²) in [5, 5.41) is 44.9. The van der Waals surface area contributed by atoms with Gasteiger partial charge < -0.3 is 10.6 Å². The van der Waals surface area contributed by atoms with Gasteiger partial charge in [-0.15, -0.1) is 10.2 Å². The average molecular weight is 439 g/mol. The Labute approximate surface area is 187 Å². The average Bonchev–Trinajstić information content (AvgIpc) is 3.44. The number of H-pyrrole nitrogens is 1. The van der Waals surface area contributed by atoms with Gasteiger partial charge in [0.05, 0.1) is 11.9 Å². The van der Waals surface area contributed by atoms with Gasteiger partial charge in [-0.2, -0.15) is 25.4 Å². The summed E-state index contributed by atoms with van der Waals surface area (Å²) in [4.78, 5) is 12.8. The van der Waals surface area contributed by atoms with Crippen molar-refractivity contribution >= 4 is 29.0 Å². The predicted octanol–water partition coefficient (Wildman–Crippen LogP) is 3.34. The molecule has 0 atom stereocenters. The number of aromatic amines is 1. The highest BCUT2D eigenvalue weighted by atomic mass is 15.4. The second-order valence-electron chi connectivity index (χ2n) is 6.72. The molecule has 4 rings (SSSR count). The van der Waals surface area contributed by atoms with Crippen LogP contribution in [0.4, 0.5) is 29.0 Å². The number of nitrogens with zero attached hydrogens (tertiary/aromatic N) is 10. The van der Waals surface area contributed by atoms with Crippen LogP contribution >= 0.6 is 0 Å². The van der Waals surface area contributed by atoms with Gasteiger partial charge in [0, 0.05) is 31.1 Å². The molecule has 3 N–H and O–H groups in total. The molecule has 0 aliphatic carbocycles.